The maximum atomic E-state index is 13.2. The highest BCUT2D eigenvalue weighted by Gasteiger charge is 2.45. The maximum absolute atomic E-state index is 13.2. The minimum absolute atomic E-state index is 0.161. The first-order valence-corrected chi connectivity index (χ1v) is 13.0. The average molecular weight is 421 g/mol. The van der Waals surface area contributed by atoms with Gasteiger partial charge in [0, 0.05) is 31.7 Å². The molecule has 29 heavy (non-hydrogen) atoms. The Morgan fingerprint density at radius 2 is 2.03 bits per heavy atom. The van der Waals surface area contributed by atoms with E-state index in [0.717, 1.165) is 70.2 Å². The second-order valence-electron chi connectivity index (χ2n) is 9.02. The molecule has 0 unspecified atom stereocenters. The molecule has 0 amide bonds. The molecule has 4 rings (SSSR count). The zero-order chi connectivity index (χ0) is 20.4. The van der Waals surface area contributed by atoms with Crippen molar-refractivity contribution in [1.29, 1.82) is 0 Å². The van der Waals surface area contributed by atoms with Crippen molar-refractivity contribution < 1.29 is 13.2 Å². The summed E-state index contributed by atoms with van der Waals surface area (Å²) in [7, 11) is -1.45. The number of benzene rings is 1. The number of unbranched alkanes of at least 4 members (excludes halogenated alkanes) is 3. The van der Waals surface area contributed by atoms with Gasteiger partial charge in [-0.15, -0.1) is 0 Å². The molecule has 0 bridgehead atoms. The van der Waals surface area contributed by atoms with Gasteiger partial charge in [0.2, 0.25) is 10.0 Å². The van der Waals surface area contributed by atoms with Crippen LogP contribution in [0.4, 0.5) is 0 Å². The normalized spacial score (nSPS) is 27.7. The fraction of sp³-hybridized carbons (Fsp3) is 0.739. The van der Waals surface area contributed by atoms with Gasteiger partial charge in [0.25, 0.3) is 0 Å². The molecular formula is C23H36N2O3S. The van der Waals surface area contributed by atoms with Crippen LogP contribution >= 0.6 is 0 Å². The Morgan fingerprint density at radius 3 is 2.83 bits per heavy atom. The molecule has 3 aliphatic rings. The third-order valence-corrected chi connectivity index (χ3v) is 9.21. The number of hydrogen-bond donors (Lipinski definition) is 0. The average Bonchev–Trinajstić information content (AvgIpc) is 2.74. The van der Waals surface area contributed by atoms with Gasteiger partial charge in [-0.05, 0) is 61.3 Å². The van der Waals surface area contributed by atoms with E-state index in [1.54, 1.807) is 7.11 Å². The minimum Gasteiger partial charge on any atom is -0.497 e. The number of nitrogens with zero attached hydrogens (tertiary/aromatic N) is 2. The van der Waals surface area contributed by atoms with Crippen molar-refractivity contribution in [3.05, 3.63) is 29.3 Å². The SMILES string of the molecule is CCCCCCS(=O)(=O)N1CCC[C@@H]2CN3CCc4cc(OC)ccc4[C@@H]3C[C@@H]21. The molecule has 162 valence electrons. The Balaban J connectivity index is 1.53. The monoisotopic (exact) mass is 420 g/mol. The van der Waals surface area contributed by atoms with Crippen LogP contribution < -0.4 is 4.74 Å². The molecule has 3 atom stereocenters. The van der Waals surface area contributed by atoms with E-state index in [4.69, 9.17) is 4.74 Å². The first kappa shape index (κ1) is 21.1. The number of ether oxygens (including phenoxy) is 1. The molecule has 0 aliphatic carbocycles. The molecule has 3 heterocycles. The Kier molecular flexibility index (Phi) is 6.52. The van der Waals surface area contributed by atoms with Gasteiger partial charge in [-0.2, -0.15) is 4.31 Å². The molecule has 1 aromatic carbocycles. The van der Waals surface area contributed by atoms with Gasteiger partial charge in [-0.1, -0.05) is 32.3 Å². The molecule has 0 aromatic heterocycles. The van der Waals surface area contributed by atoms with Crippen molar-refractivity contribution in [3.63, 3.8) is 0 Å². The molecule has 3 aliphatic heterocycles. The zero-order valence-electron chi connectivity index (χ0n) is 18.0. The summed E-state index contributed by atoms with van der Waals surface area (Å²) in [6.45, 7) is 4.97. The van der Waals surface area contributed by atoms with Gasteiger partial charge in [0.15, 0.2) is 0 Å². The van der Waals surface area contributed by atoms with Crippen molar-refractivity contribution in [2.45, 2.75) is 70.4 Å². The van der Waals surface area contributed by atoms with Crippen LogP contribution in [0.5, 0.6) is 5.75 Å². The maximum Gasteiger partial charge on any atom is 0.214 e. The van der Waals surface area contributed by atoms with E-state index >= 15 is 0 Å². The minimum atomic E-state index is -3.17. The Morgan fingerprint density at radius 1 is 1.17 bits per heavy atom. The summed E-state index contributed by atoms with van der Waals surface area (Å²) in [6, 6.07) is 6.92. The Bertz CT molecular complexity index is 810. The number of methoxy groups -OCH3 is 1. The molecular weight excluding hydrogens is 384 g/mol. The van der Waals surface area contributed by atoms with Gasteiger partial charge in [0.05, 0.1) is 12.9 Å². The van der Waals surface area contributed by atoms with Gasteiger partial charge in [-0.3, -0.25) is 4.90 Å². The molecule has 0 saturated carbocycles. The summed E-state index contributed by atoms with van der Waals surface area (Å²) < 4.78 is 33.7. The third-order valence-electron chi connectivity index (χ3n) is 7.23. The number of fused-ring (bicyclic) bond motifs is 4. The molecule has 1 aromatic rings. The van der Waals surface area contributed by atoms with Crippen molar-refractivity contribution in [2.75, 3.05) is 32.5 Å². The predicted octanol–water partition coefficient (Wildman–Crippen LogP) is 3.99. The van der Waals surface area contributed by atoms with Gasteiger partial charge in [-0.25, -0.2) is 8.42 Å². The lowest BCUT2D eigenvalue weighted by Gasteiger charge is -2.51. The largest absolute Gasteiger partial charge is 0.497 e. The fourth-order valence-corrected chi connectivity index (χ4v) is 7.57. The molecule has 2 saturated heterocycles. The topological polar surface area (TPSA) is 49.9 Å². The van der Waals surface area contributed by atoms with Crippen LogP contribution in [0.25, 0.3) is 0 Å². The second-order valence-corrected chi connectivity index (χ2v) is 11.1. The highest BCUT2D eigenvalue weighted by molar-refractivity contribution is 7.89. The Labute approximate surface area is 176 Å². The summed E-state index contributed by atoms with van der Waals surface area (Å²) in [5, 5.41) is 0. The third kappa shape index (κ3) is 4.35. The highest BCUT2D eigenvalue weighted by Crippen LogP contribution is 2.44. The smallest absolute Gasteiger partial charge is 0.214 e. The first-order chi connectivity index (χ1) is 14.0. The zero-order valence-corrected chi connectivity index (χ0v) is 18.8. The summed E-state index contributed by atoms with van der Waals surface area (Å²) >= 11 is 0. The lowest BCUT2D eigenvalue weighted by molar-refractivity contribution is 0.0219. The lowest BCUT2D eigenvalue weighted by Crippen LogP contribution is -2.57. The number of hydrogen-bond acceptors (Lipinski definition) is 4. The van der Waals surface area contributed by atoms with Crippen LogP contribution in [0.15, 0.2) is 18.2 Å². The van der Waals surface area contributed by atoms with Crippen molar-refractivity contribution in [1.82, 2.24) is 9.21 Å². The van der Waals surface area contributed by atoms with Crippen LogP contribution in [0, 0.1) is 5.92 Å². The van der Waals surface area contributed by atoms with E-state index in [-0.39, 0.29) is 6.04 Å². The molecule has 0 spiro atoms. The van der Waals surface area contributed by atoms with Gasteiger partial charge in [0.1, 0.15) is 5.75 Å². The van der Waals surface area contributed by atoms with E-state index in [1.807, 2.05) is 4.31 Å². The van der Waals surface area contributed by atoms with Crippen molar-refractivity contribution >= 4 is 10.0 Å². The van der Waals surface area contributed by atoms with E-state index in [0.29, 0.717) is 24.3 Å². The van der Waals surface area contributed by atoms with Gasteiger partial charge < -0.3 is 4.74 Å². The summed E-state index contributed by atoms with van der Waals surface area (Å²) in [6.07, 6.45) is 8.21. The van der Waals surface area contributed by atoms with Crippen LogP contribution in [0.3, 0.4) is 0 Å². The van der Waals surface area contributed by atoms with Crippen LogP contribution in [-0.4, -0.2) is 56.2 Å². The quantitative estimate of drug-likeness (QED) is 0.626. The van der Waals surface area contributed by atoms with Crippen LogP contribution in [0.1, 0.15) is 69.0 Å². The Hall–Kier alpha value is -1.11. The standard InChI is InChI=1S/C23H36N2O3S/c1-3-4-5-6-14-29(26,27)25-12-7-8-19-17-24-13-11-18-15-20(28-2)9-10-21(18)23(24)16-22(19)25/h9-10,15,19,22-23H,3-8,11-14,16-17H2,1-2H3/t19-,22+,23+/m1/s1. The van der Waals surface area contributed by atoms with E-state index in [2.05, 4.69) is 30.0 Å². The number of sulfonamides is 1. The molecule has 5 nitrogen and oxygen atoms in total. The van der Waals surface area contributed by atoms with Crippen LogP contribution in [-0.2, 0) is 16.4 Å². The van der Waals surface area contributed by atoms with E-state index < -0.39 is 10.0 Å². The fourth-order valence-electron chi connectivity index (χ4n) is 5.69. The molecule has 2 fully saturated rings. The highest BCUT2D eigenvalue weighted by atomic mass is 32.2. The number of rotatable bonds is 7. The summed E-state index contributed by atoms with van der Waals surface area (Å²) in [5.41, 5.74) is 2.75. The van der Waals surface area contributed by atoms with Crippen molar-refractivity contribution in [2.24, 2.45) is 5.92 Å². The summed E-state index contributed by atoms with van der Waals surface area (Å²) in [5.74, 6) is 1.71. The van der Waals surface area contributed by atoms with Crippen molar-refractivity contribution in [3.8, 4) is 5.75 Å². The van der Waals surface area contributed by atoms with E-state index in [1.165, 1.54) is 11.1 Å². The van der Waals surface area contributed by atoms with E-state index in [9.17, 15) is 8.42 Å². The number of piperidine rings is 2. The lowest BCUT2D eigenvalue weighted by atomic mass is 9.77. The molecule has 6 heteroatoms. The van der Waals surface area contributed by atoms with Gasteiger partial charge >= 0.3 is 0 Å². The second kappa shape index (κ2) is 8.94. The summed E-state index contributed by atoms with van der Waals surface area (Å²) in [4.78, 5) is 2.60. The molecule has 0 N–H and O–H groups in total. The first-order valence-electron chi connectivity index (χ1n) is 11.4. The molecule has 0 radical (unpaired) electrons. The predicted molar refractivity (Wildman–Crippen MR) is 117 cm³/mol. The van der Waals surface area contributed by atoms with Crippen LogP contribution in [0.2, 0.25) is 0 Å².